The predicted octanol–water partition coefficient (Wildman–Crippen LogP) is 2.04. The summed E-state index contributed by atoms with van der Waals surface area (Å²) in [7, 11) is 0. The lowest BCUT2D eigenvalue weighted by molar-refractivity contribution is -0.124. The molecule has 20 heavy (non-hydrogen) atoms. The standard InChI is InChI=1S/C16H27N3O/c17-15(18-10-11-4-3-5-11)19-13-12-6-9-20-14(12)16(13)7-1-2-8-16/h11-14H,1-10H2,(H3,17,18,19). The lowest BCUT2D eigenvalue weighted by Gasteiger charge is -2.57. The minimum atomic E-state index is 0.373. The predicted molar refractivity (Wildman–Crippen MR) is 79.5 cm³/mol. The maximum atomic E-state index is 6.14. The van der Waals surface area contributed by atoms with Gasteiger partial charge in [0.1, 0.15) is 0 Å². The summed E-state index contributed by atoms with van der Waals surface area (Å²) in [6, 6.07) is 0.516. The maximum Gasteiger partial charge on any atom is 0.188 e. The third-order valence-corrected chi connectivity index (χ3v) is 6.33. The SMILES string of the molecule is NC(=NCC1CCC1)NC1C2CCOC2C12CCCC2. The third-order valence-electron chi connectivity index (χ3n) is 6.33. The summed E-state index contributed by atoms with van der Waals surface area (Å²) in [5.41, 5.74) is 6.52. The van der Waals surface area contributed by atoms with Crippen molar-refractivity contribution in [1.82, 2.24) is 5.32 Å². The van der Waals surface area contributed by atoms with Gasteiger partial charge in [0.2, 0.25) is 0 Å². The Hall–Kier alpha value is -0.770. The molecule has 1 spiro atoms. The molecule has 3 atom stereocenters. The summed E-state index contributed by atoms with van der Waals surface area (Å²) in [6.45, 7) is 1.86. The smallest absolute Gasteiger partial charge is 0.188 e. The highest BCUT2D eigenvalue weighted by Gasteiger charge is 2.65. The largest absolute Gasteiger partial charge is 0.377 e. The van der Waals surface area contributed by atoms with E-state index in [2.05, 4.69) is 10.3 Å². The molecule has 3 aliphatic carbocycles. The summed E-state index contributed by atoms with van der Waals surface area (Å²) in [6.07, 6.45) is 11.1. The first-order valence-corrected chi connectivity index (χ1v) is 8.48. The van der Waals surface area contributed by atoms with Crippen LogP contribution in [0.2, 0.25) is 0 Å². The molecule has 0 amide bonds. The quantitative estimate of drug-likeness (QED) is 0.613. The van der Waals surface area contributed by atoms with Crippen LogP contribution in [0, 0.1) is 17.3 Å². The maximum absolute atomic E-state index is 6.14. The van der Waals surface area contributed by atoms with E-state index in [1.807, 2.05) is 0 Å². The Morgan fingerprint density at radius 3 is 2.70 bits per heavy atom. The number of hydrogen-bond donors (Lipinski definition) is 2. The third kappa shape index (κ3) is 1.87. The van der Waals surface area contributed by atoms with Gasteiger partial charge in [-0.05, 0) is 38.0 Å². The van der Waals surface area contributed by atoms with Crippen LogP contribution in [0.25, 0.3) is 0 Å². The molecule has 1 heterocycles. The van der Waals surface area contributed by atoms with Crippen LogP contribution in [0.1, 0.15) is 51.4 Å². The van der Waals surface area contributed by atoms with E-state index in [1.54, 1.807) is 0 Å². The molecule has 0 bridgehead atoms. The van der Waals surface area contributed by atoms with Crippen LogP contribution in [0.4, 0.5) is 0 Å². The fourth-order valence-corrected chi connectivity index (χ4v) is 5.01. The van der Waals surface area contributed by atoms with Crippen LogP contribution < -0.4 is 11.1 Å². The molecule has 4 fully saturated rings. The number of fused-ring (bicyclic) bond motifs is 2. The van der Waals surface area contributed by atoms with Gasteiger partial charge in [0, 0.05) is 30.5 Å². The van der Waals surface area contributed by atoms with Crippen molar-refractivity contribution in [2.24, 2.45) is 28.0 Å². The average Bonchev–Trinajstić information content (AvgIpc) is 3.02. The Morgan fingerprint density at radius 1 is 1.20 bits per heavy atom. The van der Waals surface area contributed by atoms with Crippen molar-refractivity contribution in [2.45, 2.75) is 63.5 Å². The number of rotatable bonds is 3. The Balaban J connectivity index is 1.41. The molecule has 3 N–H and O–H groups in total. The number of nitrogens with one attached hydrogen (secondary N) is 1. The number of guanidine groups is 1. The van der Waals surface area contributed by atoms with Crippen molar-refractivity contribution < 1.29 is 4.74 Å². The normalized spacial score (nSPS) is 39.4. The molecule has 1 saturated heterocycles. The van der Waals surface area contributed by atoms with E-state index >= 15 is 0 Å². The number of ether oxygens (including phenoxy) is 1. The van der Waals surface area contributed by atoms with Crippen molar-refractivity contribution in [1.29, 1.82) is 0 Å². The van der Waals surface area contributed by atoms with E-state index in [0.29, 0.717) is 29.4 Å². The van der Waals surface area contributed by atoms with E-state index < -0.39 is 0 Å². The highest BCUT2D eigenvalue weighted by atomic mass is 16.5. The zero-order valence-electron chi connectivity index (χ0n) is 12.3. The van der Waals surface area contributed by atoms with Gasteiger partial charge in [0.05, 0.1) is 6.10 Å². The van der Waals surface area contributed by atoms with Crippen molar-refractivity contribution in [3.63, 3.8) is 0 Å². The Labute approximate surface area is 121 Å². The highest BCUT2D eigenvalue weighted by Crippen LogP contribution is 2.60. The molecule has 3 unspecified atom stereocenters. The van der Waals surface area contributed by atoms with E-state index in [0.717, 1.165) is 19.1 Å². The second kappa shape index (κ2) is 4.90. The lowest BCUT2D eigenvalue weighted by atomic mass is 9.54. The van der Waals surface area contributed by atoms with Gasteiger partial charge in [0.15, 0.2) is 5.96 Å². The van der Waals surface area contributed by atoms with Crippen LogP contribution in [-0.4, -0.2) is 31.3 Å². The van der Waals surface area contributed by atoms with Crippen LogP contribution in [0.15, 0.2) is 4.99 Å². The first-order chi connectivity index (χ1) is 9.79. The second-order valence-corrected chi connectivity index (χ2v) is 7.33. The molecule has 4 nitrogen and oxygen atoms in total. The molecule has 1 aliphatic heterocycles. The van der Waals surface area contributed by atoms with Crippen molar-refractivity contribution in [3.05, 3.63) is 0 Å². The van der Waals surface area contributed by atoms with Crippen molar-refractivity contribution >= 4 is 5.96 Å². The molecule has 4 aliphatic rings. The van der Waals surface area contributed by atoms with Gasteiger partial charge in [-0.1, -0.05) is 19.3 Å². The first kappa shape index (κ1) is 12.9. The van der Waals surface area contributed by atoms with Gasteiger partial charge in [-0.15, -0.1) is 0 Å². The number of hydrogen-bond acceptors (Lipinski definition) is 2. The van der Waals surface area contributed by atoms with Crippen LogP contribution in [0.3, 0.4) is 0 Å². The fourth-order valence-electron chi connectivity index (χ4n) is 5.01. The van der Waals surface area contributed by atoms with Crippen LogP contribution in [-0.2, 0) is 4.74 Å². The number of aliphatic imine (C=N–C) groups is 1. The van der Waals surface area contributed by atoms with Crippen molar-refractivity contribution in [2.75, 3.05) is 13.2 Å². The summed E-state index contributed by atoms with van der Waals surface area (Å²) in [5.74, 6) is 2.14. The zero-order chi connectivity index (χ0) is 13.6. The topological polar surface area (TPSA) is 59.6 Å². The Morgan fingerprint density at radius 2 is 2.00 bits per heavy atom. The summed E-state index contributed by atoms with van der Waals surface area (Å²) >= 11 is 0. The van der Waals surface area contributed by atoms with Gasteiger partial charge >= 0.3 is 0 Å². The second-order valence-electron chi connectivity index (χ2n) is 7.33. The molecule has 0 aromatic heterocycles. The molecule has 4 rings (SSSR count). The summed E-state index contributed by atoms with van der Waals surface area (Å²) in [5, 5.41) is 3.57. The molecule has 4 heteroatoms. The molecule has 0 aromatic rings. The van der Waals surface area contributed by atoms with Crippen LogP contribution >= 0.6 is 0 Å². The minimum Gasteiger partial charge on any atom is -0.377 e. The first-order valence-electron chi connectivity index (χ1n) is 8.48. The van der Waals surface area contributed by atoms with Crippen LogP contribution in [0.5, 0.6) is 0 Å². The summed E-state index contributed by atoms with van der Waals surface area (Å²) in [4.78, 5) is 4.58. The van der Waals surface area contributed by atoms with E-state index in [-0.39, 0.29) is 0 Å². The molecule has 0 aromatic carbocycles. The van der Waals surface area contributed by atoms with Gasteiger partial charge in [-0.25, -0.2) is 0 Å². The van der Waals surface area contributed by atoms with Gasteiger partial charge < -0.3 is 15.8 Å². The van der Waals surface area contributed by atoms with E-state index in [4.69, 9.17) is 10.5 Å². The fraction of sp³-hybridized carbons (Fsp3) is 0.938. The zero-order valence-corrected chi connectivity index (χ0v) is 12.3. The number of nitrogens with zero attached hydrogens (tertiary/aromatic N) is 1. The minimum absolute atomic E-state index is 0.373. The Kier molecular flexibility index (Phi) is 3.17. The lowest BCUT2D eigenvalue weighted by Crippen LogP contribution is -2.69. The number of nitrogens with two attached hydrogens (primary N) is 1. The average molecular weight is 277 g/mol. The monoisotopic (exact) mass is 277 g/mol. The van der Waals surface area contributed by atoms with Crippen molar-refractivity contribution in [3.8, 4) is 0 Å². The molecular formula is C16H27N3O. The molecule has 0 radical (unpaired) electrons. The van der Waals surface area contributed by atoms with E-state index in [1.165, 1.54) is 51.4 Å². The molecular weight excluding hydrogens is 250 g/mol. The Bertz CT molecular complexity index is 399. The van der Waals surface area contributed by atoms with Gasteiger partial charge in [-0.3, -0.25) is 4.99 Å². The summed E-state index contributed by atoms with van der Waals surface area (Å²) < 4.78 is 6.01. The molecule has 3 saturated carbocycles. The van der Waals surface area contributed by atoms with E-state index in [9.17, 15) is 0 Å². The molecule has 112 valence electrons. The van der Waals surface area contributed by atoms with Gasteiger partial charge in [0.25, 0.3) is 0 Å². The van der Waals surface area contributed by atoms with Gasteiger partial charge in [-0.2, -0.15) is 0 Å². The highest BCUT2D eigenvalue weighted by molar-refractivity contribution is 5.78.